The number of nitrogens with zero attached hydrogens (tertiary/aromatic N) is 5. The number of imidazole rings is 1. The van der Waals surface area contributed by atoms with Crippen LogP contribution >= 0.6 is 0 Å². The molecule has 220 valence electrons. The highest BCUT2D eigenvalue weighted by Gasteiger charge is 2.38. The second kappa shape index (κ2) is 11.9. The van der Waals surface area contributed by atoms with Gasteiger partial charge in [0, 0.05) is 84.4 Å². The van der Waals surface area contributed by atoms with Gasteiger partial charge in [-0.25, -0.2) is 13.8 Å². The summed E-state index contributed by atoms with van der Waals surface area (Å²) in [5, 5.41) is 4.71. The fourth-order valence-corrected chi connectivity index (χ4v) is 5.69. The van der Waals surface area contributed by atoms with Crippen LogP contribution in [0.15, 0.2) is 95.3 Å². The molecule has 0 amide bonds. The van der Waals surface area contributed by atoms with Gasteiger partial charge in [-0.2, -0.15) is 5.10 Å². The van der Waals surface area contributed by atoms with Gasteiger partial charge in [-0.05, 0) is 54.8 Å². The molecule has 43 heavy (non-hydrogen) atoms. The predicted molar refractivity (Wildman–Crippen MR) is 165 cm³/mol. The first-order valence-electron chi connectivity index (χ1n) is 14.4. The third kappa shape index (κ3) is 6.10. The number of pyridine rings is 2. The molecule has 4 N–H and O–H groups in total. The number of hydrogen-bond acceptors (Lipinski definition) is 7. The van der Waals surface area contributed by atoms with Gasteiger partial charge in [0.15, 0.2) is 5.82 Å². The van der Waals surface area contributed by atoms with Crippen LogP contribution < -0.4 is 11.2 Å². The molecule has 0 bridgehead atoms. The topological polar surface area (TPSA) is 108 Å². The second-order valence-corrected chi connectivity index (χ2v) is 11.0. The van der Waals surface area contributed by atoms with E-state index < -0.39 is 5.92 Å². The van der Waals surface area contributed by atoms with Crippen molar-refractivity contribution in [3.05, 3.63) is 124 Å². The maximum absolute atomic E-state index is 13.8. The Morgan fingerprint density at radius 1 is 1.16 bits per heavy atom. The first-order chi connectivity index (χ1) is 20.8. The Kier molecular flexibility index (Phi) is 7.86. The van der Waals surface area contributed by atoms with Gasteiger partial charge in [0.1, 0.15) is 5.71 Å². The molecular formula is C33H34F2N8. The van der Waals surface area contributed by atoms with Gasteiger partial charge in [-0.3, -0.25) is 14.9 Å². The third-order valence-corrected chi connectivity index (χ3v) is 7.88. The zero-order valence-electron chi connectivity index (χ0n) is 24.2. The highest BCUT2D eigenvalue weighted by Crippen LogP contribution is 2.32. The summed E-state index contributed by atoms with van der Waals surface area (Å²) in [5.74, 6) is -2.00. The average Bonchev–Trinajstić information content (AvgIpc) is 3.53. The number of hydrogen-bond donors (Lipinski definition) is 3. The number of rotatable bonds is 6. The Balaban J connectivity index is 1.35. The number of fused-ring (bicyclic) bond motifs is 1. The minimum absolute atomic E-state index is 0.104. The smallest absolute Gasteiger partial charge is 0.261 e. The van der Waals surface area contributed by atoms with E-state index in [2.05, 4.69) is 32.5 Å². The van der Waals surface area contributed by atoms with E-state index in [4.69, 9.17) is 15.8 Å². The lowest BCUT2D eigenvalue weighted by molar-refractivity contribution is 0.0115. The molecule has 6 rings (SSSR count). The summed E-state index contributed by atoms with van der Waals surface area (Å²) in [5.41, 5.74) is 19.2. The Bertz CT molecular complexity index is 1710. The summed E-state index contributed by atoms with van der Waals surface area (Å²) < 4.78 is 27.5. The standard InChI is InChI=1S/C33H34F2N8/c1-3-22(25-12-21(15-38-17-25)19-43-11-9-33(34,35)20-43)13-28-23(4-2)18-39-42-31(28)32-40-29-14-26(36)7-8-27(30(29)41-32)24-6-5-10-37-16-24/h3-8,10,12-13,15-17,39H,9,11,14,18-20,36H2,1-2H3,(H,40,41)/b22-3-,23-4-,28-13+. The van der Waals surface area contributed by atoms with Crippen LogP contribution in [0.1, 0.15) is 54.2 Å². The van der Waals surface area contributed by atoms with Gasteiger partial charge in [-0.15, -0.1) is 0 Å². The lowest BCUT2D eigenvalue weighted by Gasteiger charge is -2.20. The SMILES string of the molecule is C/C=C(/C=C1/C(c2nc3c([nH]2)CC(N)=CC=C3c2cccnc2)=NNC/C1=C/C)c1cncc(CN2CCC(F)(F)C2)c1. The van der Waals surface area contributed by atoms with Crippen LogP contribution in [0.2, 0.25) is 0 Å². The number of aromatic nitrogens is 4. The van der Waals surface area contributed by atoms with E-state index in [1.54, 1.807) is 23.5 Å². The van der Waals surface area contributed by atoms with Crippen molar-refractivity contribution in [1.29, 1.82) is 0 Å². The normalized spacial score (nSPS) is 20.7. The van der Waals surface area contributed by atoms with Crippen LogP contribution in [-0.2, 0) is 13.0 Å². The molecule has 0 saturated carbocycles. The second-order valence-electron chi connectivity index (χ2n) is 11.0. The quantitative estimate of drug-likeness (QED) is 0.372. The molecule has 3 aromatic rings. The minimum atomic E-state index is -2.63. The van der Waals surface area contributed by atoms with Crippen molar-refractivity contribution in [3.8, 4) is 0 Å². The zero-order valence-corrected chi connectivity index (χ0v) is 24.2. The summed E-state index contributed by atoms with van der Waals surface area (Å²) in [6.07, 6.45) is 17.6. The van der Waals surface area contributed by atoms with E-state index in [1.165, 1.54) is 0 Å². The molecule has 1 fully saturated rings. The van der Waals surface area contributed by atoms with Gasteiger partial charge in [0.2, 0.25) is 0 Å². The van der Waals surface area contributed by atoms with Crippen molar-refractivity contribution in [2.45, 2.75) is 39.2 Å². The number of aromatic amines is 1. The van der Waals surface area contributed by atoms with Gasteiger partial charge in [0.25, 0.3) is 5.92 Å². The lowest BCUT2D eigenvalue weighted by atomic mass is 9.94. The predicted octanol–water partition coefficient (Wildman–Crippen LogP) is 5.15. The molecule has 0 aromatic carbocycles. The highest BCUT2D eigenvalue weighted by atomic mass is 19.3. The Morgan fingerprint density at radius 2 is 2.05 bits per heavy atom. The van der Waals surface area contributed by atoms with Gasteiger partial charge in [-0.1, -0.05) is 24.3 Å². The molecule has 3 aromatic heterocycles. The molecule has 8 nitrogen and oxygen atoms in total. The lowest BCUT2D eigenvalue weighted by Crippen LogP contribution is -2.26. The molecule has 1 saturated heterocycles. The van der Waals surface area contributed by atoms with Crippen LogP contribution in [-0.4, -0.2) is 56.1 Å². The van der Waals surface area contributed by atoms with Crippen LogP contribution in [0.4, 0.5) is 8.78 Å². The monoisotopic (exact) mass is 580 g/mol. The van der Waals surface area contributed by atoms with Crippen LogP contribution in [0, 0.1) is 0 Å². The fourth-order valence-electron chi connectivity index (χ4n) is 5.69. The van der Waals surface area contributed by atoms with Crippen LogP contribution in [0.5, 0.6) is 0 Å². The molecule has 3 aliphatic rings. The van der Waals surface area contributed by atoms with E-state index in [9.17, 15) is 8.78 Å². The summed E-state index contributed by atoms with van der Waals surface area (Å²) in [6.45, 7) is 5.14. The molecule has 0 spiro atoms. The fraction of sp³-hybridized carbons (Fsp3) is 0.273. The molecule has 5 heterocycles. The first kappa shape index (κ1) is 28.4. The first-order valence-corrected chi connectivity index (χ1v) is 14.4. The van der Waals surface area contributed by atoms with Gasteiger partial charge >= 0.3 is 0 Å². The van der Waals surface area contributed by atoms with E-state index in [1.807, 2.05) is 56.5 Å². The number of H-pyrrole nitrogens is 1. The maximum Gasteiger partial charge on any atom is 0.261 e. The van der Waals surface area contributed by atoms with Crippen molar-refractivity contribution in [3.63, 3.8) is 0 Å². The maximum atomic E-state index is 13.8. The minimum Gasteiger partial charge on any atom is -0.402 e. The summed E-state index contributed by atoms with van der Waals surface area (Å²) in [7, 11) is 0. The van der Waals surface area contributed by atoms with E-state index >= 15 is 0 Å². The number of allylic oxidation sites excluding steroid dienone is 7. The summed E-state index contributed by atoms with van der Waals surface area (Å²) in [6, 6.07) is 5.93. The number of halogens is 2. The van der Waals surface area contributed by atoms with Crippen LogP contribution in [0.3, 0.4) is 0 Å². The third-order valence-electron chi connectivity index (χ3n) is 7.88. The largest absolute Gasteiger partial charge is 0.402 e. The highest BCUT2D eigenvalue weighted by molar-refractivity contribution is 6.15. The number of alkyl halides is 2. The molecule has 0 unspecified atom stereocenters. The molecule has 10 heteroatoms. The number of nitrogens with two attached hydrogens (primary N) is 1. The van der Waals surface area contributed by atoms with Crippen molar-refractivity contribution in [2.75, 3.05) is 19.6 Å². The summed E-state index contributed by atoms with van der Waals surface area (Å²) in [4.78, 5) is 19.1. The Labute approximate surface area is 249 Å². The Morgan fingerprint density at radius 3 is 2.79 bits per heavy atom. The van der Waals surface area contributed by atoms with E-state index in [0.29, 0.717) is 37.6 Å². The Hall–Kier alpha value is -4.70. The molecule has 2 aliphatic heterocycles. The van der Waals surface area contributed by atoms with Gasteiger partial charge < -0.3 is 16.1 Å². The molecule has 0 radical (unpaired) electrons. The van der Waals surface area contributed by atoms with E-state index in [0.717, 1.165) is 56.1 Å². The van der Waals surface area contributed by atoms with Crippen molar-refractivity contribution in [1.82, 2.24) is 30.3 Å². The zero-order chi connectivity index (χ0) is 30.0. The number of hydrazone groups is 1. The van der Waals surface area contributed by atoms with Gasteiger partial charge in [0.05, 0.1) is 18.8 Å². The van der Waals surface area contributed by atoms with Crippen LogP contribution in [0.25, 0.3) is 11.1 Å². The molecular weight excluding hydrogens is 546 g/mol. The van der Waals surface area contributed by atoms with E-state index in [-0.39, 0.29) is 13.0 Å². The molecule has 0 atom stereocenters. The number of likely N-dealkylation sites (tertiary alicyclic amines) is 1. The number of nitrogens with one attached hydrogen (secondary N) is 2. The van der Waals surface area contributed by atoms with Crippen molar-refractivity contribution >= 4 is 16.9 Å². The van der Waals surface area contributed by atoms with Crippen molar-refractivity contribution < 1.29 is 8.78 Å². The molecule has 1 aliphatic carbocycles. The summed E-state index contributed by atoms with van der Waals surface area (Å²) >= 11 is 0. The average molecular weight is 581 g/mol. The van der Waals surface area contributed by atoms with Crippen molar-refractivity contribution in [2.24, 2.45) is 10.8 Å².